The first-order chi connectivity index (χ1) is 6.90. The number of hydrogen-bond donors (Lipinski definition) is 5. The molecule has 8 heteroatoms. The summed E-state index contributed by atoms with van der Waals surface area (Å²) >= 11 is 0. The summed E-state index contributed by atoms with van der Waals surface area (Å²) < 4.78 is 4.44. The number of aliphatic carboxylic acids is 2. The van der Waals surface area contributed by atoms with E-state index in [0.717, 1.165) is 0 Å². The van der Waals surface area contributed by atoms with Crippen LogP contribution in [0.3, 0.4) is 0 Å². The average molecular weight is 224 g/mol. The third kappa shape index (κ3) is 4.70. The topological polar surface area (TPSA) is 145 Å². The molecule has 0 bridgehead atoms. The van der Waals surface area contributed by atoms with Gasteiger partial charge in [-0.15, -0.1) is 0 Å². The van der Waals surface area contributed by atoms with E-state index in [1.165, 1.54) is 0 Å². The van der Waals surface area contributed by atoms with Gasteiger partial charge in [0, 0.05) is 0 Å². The molecule has 0 fully saturated rings. The fourth-order valence-corrected chi connectivity index (χ4v) is 0.694. The number of rotatable bonds is 7. The molecule has 0 rings (SSSR count). The Morgan fingerprint density at radius 3 is 2.00 bits per heavy atom. The molecule has 0 heterocycles. The zero-order valence-electron chi connectivity index (χ0n) is 7.61. The van der Waals surface area contributed by atoms with Crippen molar-refractivity contribution in [2.45, 2.75) is 18.3 Å². The highest BCUT2D eigenvalue weighted by molar-refractivity contribution is 5.83. The summed E-state index contributed by atoms with van der Waals surface area (Å²) in [5, 5.41) is 42.9. The fraction of sp³-hybridized carbons (Fsp3) is 0.714. The van der Waals surface area contributed by atoms with Crippen LogP contribution in [-0.2, 0) is 14.3 Å². The van der Waals surface area contributed by atoms with E-state index in [9.17, 15) is 9.59 Å². The van der Waals surface area contributed by atoms with E-state index in [2.05, 4.69) is 4.74 Å². The molecule has 0 spiro atoms. The lowest BCUT2D eigenvalue weighted by atomic mass is 10.2. The number of hydrogen-bond acceptors (Lipinski definition) is 6. The lowest BCUT2D eigenvalue weighted by Crippen LogP contribution is -2.43. The molecule has 3 unspecified atom stereocenters. The van der Waals surface area contributed by atoms with Gasteiger partial charge in [0.1, 0.15) is 6.10 Å². The molecular weight excluding hydrogens is 212 g/mol. The third-order valence-electron chi connectivity index (χ3n) is 1.46. The minimum atomic E-state index is -2.23. The van der Waals surface area contributed by atoms with Gasteiger partial charge in [-0.1, -0.05) is 0 Å². The number of carbonyl (C=O) groups is 2. The number of ether oxygens (including phenoxy) is 1. The molecule has 15 heavy (non-hydrogen) atoms. The van der Waals surface area contributed by atoms with E-state index < -0.39 is 43.5 Å². The van der Waals surface area contributed by atoms with Crippen molar-refractivity contribution in [3.05, 3.63) is 0 Å². The van der Waals surface area contributed by atoms with Crippen molar-refractivity contribution >= 4 is 11.9 Å². The van der Waals surface area contributed by atoms with Gasteiger partial charge in [-0.25, -0.2) is 9.59 Å². The summed E-state index contributed by atoms with van der Waals surface area (Å²) in [6.07, 6.45) is -5.54. The Kier molecular flexibility index (Phi) is 5.79. The average Bonchev–Trinajstić information content (AvgIpc) is 2.16. The largest absolute Gasteiger partial charge is 0.479 e. The first-order valence-electron chi connectivity index (χ1n) is 3.94. The maximum atomic E-state index is 10.5. The first-order valence-corrected chi connectivity index (χ1v) is 3.94. The number of carboxylic acids is 2. The van der Waals surface area contributed by atoms with Crippen molar-refractivity contribution < 1.29 is 39.9 Å². The highest BCUT2D eigenvalue weighted by Crippen LogP contribution is 2.02. The SMILES string of the molecule is O=C(O)C(O)C(OCC(O)CO)C(=O)O. The highest BCUT2D eigenvalue weighted by atomic mass is 16.5. The standard InChI is InChI=1S/C7H12O8/c8-1-3(9)2-15-5(7(13)14)4(10)6(11)12/h3-5,8-10H,1-2H2,(H,11,12)(H,13,14). The Hall–Kier alpha value is -1.22. The highest BCUT2D eigenvalue weighted by Gasteiger charge is 2.33. The number of aliphatic hydroxyl groups is 3. The Bertz CT molecular complexity index is 227. The van der Waals surface area contributed by atoms with Crippen LogP contribution in [0.25, 0.3) is 0 Å². The quantitative estimate of drug-likeness (QED) is 0.313. The maximum Gasteiger partial charge on any atom is 0.336 e. The smallest absolute Gasteiger partial charge is 0.336 e. The van der Waals surface area contributed by atoms with Crippen molar-refractivity contribution in [3.63, 3.8) is 0 Å². The van der Waals surface area contributed by atoms with E-state index in [1.54, 1.807) is 0 Å². The first kappa shape index (κ1) is 13.8. The van der Waals surface area contributed by atoms with Crippen LogP contribution in [0.5, 0.6) is 0 Å². The van der Waals surface area contributed by atoms with Crippen molar-refractivity contribution in [1.82, 2.24) is 0 Å². The lowest BCUT2D eigenvalue weighted by molar-refractivity contribution is -0.173. The molecule has 0 aliphatic carbocycles. The van der Waals surface area contributed by atoms with Crippen LogP contribution in [0, 0.1) is 0 Å². The molecule has 3 atom stereocenters. The maximum absolute atomic E-state index is 10.5. The molecule has 0 aromatic heterocycles. The number of aliphatic hydroxyl groups excluding tert-OH is 3. The Morgan fingerprint density at radius 1 is 1.13 bits per heavy atom. The second kappa shape index (κ2) is 6.30. The second-order valence-electron chi connectivity index (χ2n) is 2.71. The molecule has 0 aliphatic rings. The molecular formula is C7H12O8. The summed E-state index contributed by atoms with van der Waals surface area (Å²) in [6.45, 7) is -1.24. The van der Waals surface area contributed by atoms with E-state index in [1.807, 2.05) is 0 Å². The molecule has 0 aliphatic heterocycles. The fourth-order valence-electron chi connectivity index (χ4n) is 0.694. The van der Waals surface area contributed by atoms with Crippen LogP contribution in [0.4, 0.5) is 0 Å². The van der Waals surface area contributed by atoms with Gasteiger partial charge >= 0.3 is 11.9 Å². The predicted molar refractivity (Wildman–Crippen MR) is 44.1 cm³/mol. The predicted octanol–water partition coefficient (Wildman–Crippen LogP) is -2.75. The normalized spacial score (nSPS) is 16.7. The van der Waals surface area contributed by atoms with Crippen LogP contribution >= 0.6 is 0 Å². The van der Waals surface area contributed by atoms with Gasteiger partial charge in [-0.3, -0.25) is 0 Å². The van der Waals surface area contributed by atoms with Gasteiger partial charge in [0.25, 0.3) is 0 Å². The molecule has 0 saturated heterocycles. The molecule has 0 radical (unpaired) electrons. The minimum absolute atomic E-state index is 0.586. The second-order valence-corrected chi connectivity index (χ2v) is 2.71. The van der Waals surface area contributed by atoms with Crippen LogP contribution in [0.2, 0.25) is 0 Å². The molecule has 0 saturated carbocycles. The van der Waals surface area contributed by atoms with Crippen LogP contribution in [0.1, 0.15) is 0 Å². The van der Waals surface area contributed by atoms with Crippen LogP contribution < -0.4 is 0 Å². The van der Waals surface area contributed by atoms with Crippen molar-refractivity contribution in [2.24, 2.45) is 0 Å². The van der Waals surface area contributed by atoms with Gasteiger partial charge in [-0.05, 0) is 0 Å². The van der Waals surface area contributed by atoms with Crippen LogP contribution in [-0.4, -0.2) is 69.0 Å². The van der Waals surface area contributed by atoms with E-state index >= 15 is 0 Å². The van der Waals surface area contributed by atoms with Gasteiger partial charge < -0.3 is 30.3 Å². The molecule has 8 nitrogen and oxygen atoms in total. The summed E-state index contributed by atoms with van der Waals surface area (Å²) in [4.78, 5) is 20.7. The van der Waals surface area contributed by atoms with Crippen molar-refractivity contribution in [3.8, 4) is 0 Å². The third-order valence-corrected chi connectivity index (χ3v) is 1.46. The van der Waals surface area contributed by atoms with E-state index in [-0.39, 0.29) is 0 Å². The Balaban J connectivity index is 4.29. The van der Waals surface area contributed by atoms with E-state index in [4.69, 9.17) is 25.5 Å². The van der Waals surface area contributed by atoms with Gasteiger partial charge in [0.2, 0.25) is 0 Å². The molecule has 88 valence electrons. The molecule has 0 aromatic rings. The van der Waals surface area contributed by atoms with Gasteiger partial charge in [0.15, 0.2) is 12.2 Å². The minimum Gasteiger partial charge on any atom is -0.479 e. The summed E-state index contributed by atoms with van der Waals surface area (Å²) in [7, 11) is 0. The van der Waals surface area contributed by atoms with Crippen molar-refractivity contribution in [2.75, 3.05) is 13.2 Å². The van der Waals surface area contributed by atoms with E-state index in [0.29, 0.717) is 0 Å². The molecule has 5 N–H and O–H groups in total. The van der Waals surface area contributed by atoms with Gasteiger partial charge in [0.05, 0.1) is 13.2 Å². The lowest BCUT2D eigenvalue weighted by Gasteiger charge is -2.17. The summed E-state index contributed by atoms with van der Waals surface area (Å²) in [5.41, 5.74) is 0. The van der Waals surface area contributed by atoms with Gasteiger partial charge in [-0.2, -0.15) is 0 Å². The Morgan fingerprint density at radius 2 is 1.67 bits per heavy atom. The monoisotopic (exact) mass is 224 g/mol. The van der Waals surface area contributed by atoms with Crippen molar-refractivity contribution in [1.29, 1.82) is 0 Å². The van der Waals surface area contributed by atoms with Crippen LogP contribution in [0.15, 0.2) is 0 Å². The number of carboxylic acid groups (broad SMARTS) is 2. The summed E-state index contributed by atoms with van der Waals surface area (Å²) in [6, 6.07) is 0. The molecule has 0 amide bonds. The Labute approximate surface area is 84.3 Å². The summed E-state index contributed by atoms with van der Waals surface area (Å²) in [5.74, 6) is -3.42. The zero-order valence-corrected chi connectivity index (χ0v) is 7.61. The zero-order chi connectivity index (χ0) is 12.0. The molecule has 0 aromatic carbocycles.